The van der Waals surface area contributed by atoms with Crippen LogP contribution in [0.1, 0.15) is 73.1 Å². The molecule has 0 saturated carbocycles. The molecule has 0 amide bonds. The van der Waals surface area contributed by atoms with Crippen LogP contribution in [0.2, 0.25) is 0 Å². The Morgan fingerprint density at radius 1 is 1.06 bits per heavy atom. The third-order valence-corrected chi connectivity index (χ3v) is 4.79. The van der Waals surface area contributed by atoms with Crippen molar-refractivity contribution in [2.45, 2.75) is 65.2 Å². The zero-order chi connectivity index (χ0) is 13.7. The standard InChI is InChI=1S/C17H24O/c1-11-9-14-15(13(10-18)12(11)2)17(5,6)8-7-16(14,3)4/h9-10H,7-8H2,1-6H3. The van der Waals surface area contributed by atoms with Gasteiger partial charge in [0.05, 0.1) is 0 Å². The third-order valence-electron chi connectivity index (χ3n) is 4.79. The van der Waals surface area contributed by atoms with Crippen molar-refractivity contribution < 1.29 is 4.79 Å². The van der Waals surface area contributed by atoms with Crippen LogP contribution in [-0.4, -0.2) is 6.29 Å². The molecule has 0 bridgehead atoms. The molecule has 0 atom stereocenters. The molecule has 98 valence electrons. The number of rotatable bonds is 1. The molecule has 1 aromatic rings. The minimum Gasteiger partial charge on any atom is -0.298 e. The van der Waals surface area contributed by atoms with E-state index >= 15 is 0 Å². The Morgan fingerprint density at radius 3 is 2.17 bits per heavy atom. The van der Waals surface area contributed by atoms with Crippen molar-refractivity contribution in [1.82, 2.24) is 0 Å². The van der Waals surface area contributed by atoms with Gasteiger partial charge in [-0.15, -0.1) is 0 Å². The molecule has 0 spiro atoms. The van der Waals surface area contributed by atoms with Crippen LogP contribution in [0, 0.1) is 13.8 Å². The molecule has 0 unspecified atom stereocenters. The fraction of sp³-hybridized carbons (Fsp3) is 0.588. The van der Waals surface area contributed by atoms with Gasteiger partial charge in [0, 0.05) is 5.56 Å². The molecule has 1 nitrogen and oxygen atoms in total. The van der Waals surface area contributed by atoms with E-state index in [0.29, 0.717) is 0 Å². The summed E-state index contributed by atoms with van der Waals surface area (Å²) in [6.45, 7) is 13.3. The zero-order valence-electron chi connectivity index (χ0n) is 12.5. The van der Waals surface area contributed by atoms with Crippen molar-refractivity contribution in [3.8, 4) is 0 Å². The third kappa shape index (κ3) is 1.81. The van der Waals surface area contributed by atoms with Crippen LogP contribution in [0.5, 0.6) is 0 Å². The lowest BCUT2D eigenvalue weighted by Gasteiger charge is -2.43. The highest BCUT2D eigenvalue weighted by Gasteiger charge is 2.39. The van der Waals surface area contributed by atoms with Gasteiger partial charge in [-0.2, -0.15) is 0 Å². The largest absolute Gasteiger partial charge is 0.298 e. The predicted octanol–water partition coefficient (Wildman–Crippen LogP) is 4.46. The Morgan fingerprint density at radius 2 is 1.61 bits per heavy atom. The van der Waals surface area contributed by atoms with Gasteiger partial charge in [-0.25, -0.2) is 0 Å². The van der Waals surface area contributed by atoms with Gasteiger partial charge < -0.3 is 0 Å². The summed E-state index contributed by atoms with van der Waals surface area (Å²) >= 11 is 0. The highest BCUT2D eigenvalue weighted by atomic mass is 16.1. The van der Waals surface area contributed by atoms with Crippen LogP contribution in [0.25, 0.3) is 0 Å². The fourth-order valence-electron chi connectivity index (χ4n) is 3.24. The molecule has 1 aliphatic rings. The number of hydrogen-bond donors (Lipinski definition) is 0. The molecule has 18 heavy (non-hydrogen) atoms. The summed E-state index contributed by atoms with van der Waals surface area (Å²) in [5.41, 5.74) is 6.28. The predicted molar refractivity (Wildman–Crippen MR) is 76.6 cm³/mol. The summed E-state index contributed by atoms with van der Waals surface area (Å²) in [5.74, 6) is 0. The van der Waals surface area contributed by atoms with E-state index in [2.05, 4.69) is 47.6 Å². The monoisotopic (exact) mass is 244 g/mol. The molecule has 0 saturated heterocycles. The lowest BCUT2D eigenvalue weighted by atomic mass is 9.61. The van der Waals surface area contributed by atoms with Gasteiger partial charge in [-0.05, 0) is 59.8 Å². The Balaban J connectivity index is 2.87. The first kappa shape index (κ1) is 13.3. The quantitative estimate of drug-likeness (QED) is 0.666. The number of benzene rings is 1. The molecule has 1 aromatic carbocycles. The first-order valence-electron chi connectivity index (χ1n) is 6.81. The maximum absolute atomic E-state index is 11.6. The lowest BCUT2D eigenvalue weighted by molar-refractivity contribution is 0.111. The van der Waals surface area contributed by atoms with Crippen molar-refractivity contribution in [1.29, 1.82) is 0 Å². The van der Waals surface area contributed by atoms with Gasteiger partial charge in [0.2, 0.25) is 0 Å². The number of fused-ring (bicyclic) bond motifs is 1. The van der Waals surface area contributed by atoms with Crippen LogP contribution in [0.4, 0.5) is 0 Å². The highest BCUT2D eigenvalue weighted by molar-refractivity contribution is 5.82. The highest BCUT2D eigenvalue weighted by Crippen LogP contribution is 2.47. The van der Waals surface area contributed by atoms with Crippen molar-refractivity contribution in [3.05, 3.63) is 33.9 Å². The molecule has 0 heterocycles. The van der Waals surface area contributed by atoms with E-state index in [9.17, 15) is 4.79 Å². The van der Waals surface area contributed by atoms with Crippen LogP contribution in [-0.2, 0) is 10.8 Å². The SMILES string of the molecule is Cc1cc2c(c(C=O)c1C)C(C)(C)CCC2(C)C. The molecule has 0 aromatic heterocycles. The van der Waals surface area contributed by atoms with Gasteiger partial charge in [0.1, 0.15) is 0 Å². The molecule has 2 rings (SSSR count). The van der Waals surface area contributed by atoms with Crippen molar-refractivity contribution >= 4 is 6.29 Å². The Labute approximate surface area is 111 Å². The van der Waals surface area contributed by atoms with Gasteiger partial charge in [-0.1, -0.05) is 33.8 Å². The Bertz CT molecular complexity index is 507. The number of hydrogen-bond acceptors (Lipinski definition) is 1. The second kappa shape index (κ2) is 3.94. The molecular weight excluding hydrogens is 220 g/mol. The minimum absolute atomic E-state index is 0.111. The Kier molecular flexibility index (Phi) is 2.92. The summed E-state index contributed by atoms with van der Waals surface area (Å²) in [6, 6.07) is 2.30. The van der Waals surface area contributed by atoms with Crippen LogP contribution >= 0.6 is 0 Å². The van der Waals surface area contributed by atoms with E-state index in [1.165, 1.54) is 23.1 Å². The number of carbonyl (C=O) groups excluding carboxylic acids is 1. The molecule has 0 fully saturated rings. The normalized spacial score (nSPS) is 20.3. The summed E-state index contributed by atoms with van der Waals surface area (Å²) < 4.78 is 0. The van der Waals surface area contributed by atoms with E-state index in [-0.39, 0.29) is 10.8 Å². The van der Waals surface area contributed by atoms with Crippen molar-refractivity contribution in [2.75, 3.05) is 0 Å². The van der Waals surface area contributed by atoms with Crippen LogP contribution < -0.4 is 0 Å². The second-order valence-electron chi connectivity index (χ2n) is 7.04. The van der Waals surface area contributed by atoms with E-state index < -0.39 is 0 Å². The van der Waals surface area contributed by atoms with E-state index in [0.717, 1.165) is 23.8 Å². The molecule has 0 radical (unpaired) electrons. The maximum atomic E-state index is 11.6. The van der Waals surface area contributed by atoms with Crippen LogP contribution in [0.3, 0.4) is 0 Å². The second-order valence-corrected chi connectivity index (χ2v) is 7.04. The topological polar surface area (TPSA) is 17.1 Å². The maximum Gasteiger partial charge on any atom is 0.150 e. The van der Waals surface area contributed by atoms with E-state index in [1.54, 1.807) is 0 Å². The molecule has 0 aliphatic heterocycles. The number of aldehydes is 1. The lowest BCUT2D eigenvalue weighted by Crippen LogP contribution is -2.35. The summed E-state index contributed by atoms with van der Waals surface area (Å²) in [5, 5.41) is 0. The average molecular weight is 244 g/mol. The van der Waals surface area contributed by atoms with E-state index in [4.69, 9.17) is 0 Å². The minimum atomic E-state index is 0.111. The first-order chi connectivity index (χ1) is 8.20. The number of carbonyl (C=O) groups is 1. The van der Waals surface area contributed by atoms with Gasteiger partial charge >= 0.3 is 0 Å². The molecule has 1 heteroatoms. The van der Waals surface area contributed by atoms with Crippen LogP contribution in [0.15, 0.2) is 6.07 Å². The Hall–Kier alpha value is -1.11. The smallest absolute Gasteiger partial charge is 0.150 e. The van der Waals surface area contributed by atoms with E-state index in [1.807, 2.05) is 0 Å². The molecular formula is C17H24O. The summed E-state index contributed by atoms with van der Waals surface area (Å²) in [4.78, 5) is 11.6. The van der Waals surface area contributed by atoms with Gasteiger partial charge in [0.25, 0.3) is 0 Å². The average Bonchev–Trinajstić information content (AvgIpc) is 2.27. The molecule has 0 N–H and O–H groups in total. The van der Waals surface area contributed by atoms with Crippen molar-refractivity contribution in [3.63, 3.8) is 0 Å². The summed E-state index contributed by atoms with van der Waals surface area (Å²) in [6.07, 6.45) is 3.40. The van der Waals surface area contributed by atoms with Crippen molar-refractivity contribution in [2.24, 2.45) is 0 Å². The number of aryl methyl sites for hydroxylation is 1. The molecule has 1 aliphatic carbocycles. The fourth-order valence-corrected chi connectivity index (χ4v) is 3.24. The summed E-state index contributed by atoms with van der Waals surface area (Å²) in [7, 11) is 0. The van der Waals surface area contributed by atoms with Gasteiger partial charge in [-0.3, -0.25) is 4.79 Å². The first-order valence-corrected chi connectivity index (χ1v) is 6.81. The van der Waals surface area contributed by atoms with Gasteiger partial charge in [0.15, 0.2) is 6.29 Å². The zero-order valence-corrected chi connectivity index (χ0v) is 12.5.